The number of nitrogens with zero attached hydrogens (tertiary/aromatic N) is 1. The summed E-state index contributed by atoms with van der Waals surface area (Å²) in [6.07, 6.45) is -0.463. The van der Waals surface area contributed by atoms with Crippen molar-refractivity contribution in [3.63, 3.8) is 0 Å². The topological polar surface area (TPSA) is 23.5 Å². The molecule has 0 fully saturated rings. The van der Waals surface area contributed by atoms with Crippen LogP contribution in [0.2, 0.25) is 0 Å². The number of aliphatic hydroxyl groups excluding tert-OH is 1. The molecule has 0 aliphatic carbocycles. The number of halogens is 1. The molecule has 0 saturated heterocycles. The van der Waals surface area contributed by atoms with Gasteiger partial charge >= 0.3 is 0 Å². The summed E-state index contributed by atoms with van der Waals surface area (Å²) in [6, 6.07) is 16.4. The first-order valence-corrected chi connectivity index (χ1v) is 7.23. The lowest BCUT2D eigenvalue weighted by Gasteiger charge is -2.24. The molecule has 2 aromatic carbocycles. The number of hydrogen-bond acceptors (Lipinski definition) is 2. The molecule has 0 heterocycles. The lowest BCUT2D eigenvalue weighted by molar-refractivity contribution is 0.198. The normalized spacial score (nSPS) is 12.2. The fourth-order valence-electron chi connectivity index (χ4n) is 2.14. The van der Waals surface area contributed by atoms with Crippen molar-refractivity contribution in [3.8, 4) is 0 Å². The molecule has 0 bridgehead atoms. The van der Waals surface area contributed by atoms with Crippen LogP contribution in [0, 0.1) is 0 Å². The van der Waals surface area contributed by atoms with E-state index in [-0.39, 0.29) is 0 Å². The van der Waals surface area contributed by atoms with Gasteiger partial charge in [-0.15, -0.1) is 0 Å². The zero-order valence-electron chi connectivity index (χ0n) is 11.2. The summed E-state index contributed by atoms with van der Waals surface area (Å²) in [5, 5.41) is 9.66. The highest BCUT2D eigenvalue weighted by Gasteiger charge is 2.11. The third kappa shape index (κ3) is 3.17. The smallest absolute Gasteiger partial charge is 0.0772 e. The molecule has 0 radical (unpaired) electrons. The van der Waals surface area contributed by atoms with E-state index >= 15 is 0 Å². The Hall–Kier alpha value is -1.32. The third-order valence-corrected chi connectivity index (χ3v) is 3.82. The van der Waals surface area contributed by atoms with Gasteiger partial charge < -0.3 is 10.0 Å². The quantitative estimate of drug-likeness (QED) is 0.885. The van der Waals surface area contributed by atoms with Crippen LogP contribution in [0.4, 0.5) is 11.4 Å². The highest BCUT2D eigenvalue weighted by molar-refractivity contribution is 9.10. The molecular weight excluding hydrogens is 302 g/mol. The van der Waals surface area contributed by atoms with Crippen LogP contribution >= 0.6 is 15.9 Å². The second kappa shape index (κ2) is 6.22. The van der Waals surface area contributed by atoms with E-state index < -0.39 is 6.10 Å². The van der Waals surface area contributed by atoms with Gasteiger partial charge in [-0.2, -0.15) is 0 Å². The number of anilines is 2. The summed E-state index contributed by atoms with van der Waals surface area (Å²) in [5.41, 5.74) is 3.19. The highest BCUT2D eigenvalue weighted by Crippen LogP contribution is 2.31. The lowest BCUT2D eigenvalue weighted by atomic mass is 10.1. The minimum Gasteiger partial charge on any atom is -0.389 e. The average Bonchev–Trinajstić information content (AvgIpc) is 2.40. The summed E-state index contributed by atoms with van der Waals surface area (Å²) >= 11 is 3.53. The summed E-state index contributed by atoms with van der Waals surface area (Å²) in [4.78, 5) is 2.23. The molecule has 100 valence electrons. The van der Waals surface area contributed by atoms with Crippen LogP contribution in [0.1, 0.15) is 25.5 Å². The molecule has 2 aromatic rings. The van der Waals surface area contributed by atoms with E-state index in [4.69, 9.17) is 0 Å². The molecule has 1 N–H and O–H groups in total. The minimum atomic E-state index is -0.463. The molecule has 0 aliphatic heterocycles. The summed E-state index contributed by atoms with van der Waals surface area (Å²) < 4.78 is 0.939. The summed E-state index contributed by atoms with van der Waals surface area (Å²) in [5.74, 6) is 0. The van der Waals surface area contributed by atoms with E-state index in [2.05, 4.69) is 46.0 Å². The van der Waals surface area contributed by atoms with E-state index in [9.17, 15) is 5.11 Å². The van der Waals surface area contributed by atoms with Crippen LogP contribution in [0.3, 0.4) is 0 Å². The van der Waals surface area contributed by atoms with Gasteiger partial charge in [0.25, 0.3) is 0 Å². The number of rotatable bonds is 4. The molecular formula is C16H18BrNO. The van der Waals surface area contributed by atoms with Gasteiger partial charge in [-0.3, -0.25) is 0 Å². The van der Waals surface area contributed by atoms with Gasteiger partial charge in [0.2, 0.25) is 0 Å². The Balaban J connectivity index is 2.37. The van der Waals surface area contributed by atoms with Crippen LogP contribution in [0.5, 0.6) is 0 Å². The molecule has 0 aliphatic rings. The van der Waals surface area contributed by atoms with E-state index in [1.807, 2.05) is 30.3 Å². The fourth-order valence-corrected chi connectivity index (χ4v) is 2.84. The largest absolute Gasteiger partial charge is 0.389 e. The van der Waals surface area contributed by atoms with Gasteiger partial charge in [-0.1, -0.05) is 40.2 Å². The second-order valence-corrected chi connectivity index (χ2v) is 5.32. The monoisotopic (exact) mass is 319 g/mol. The maximum atomic E-state index is 9.66. The third-order valence-electron chi connectivity index (χ3n) is 3.13. The first kappa shape index (κ1) is 14.1. The Labute approximate surface area is 122 Å². The Kier molecular flexibility index (Phi) is 4.61. The first-order chi connectivity index (χ1) is 9.13. The van der Waals surface area contributed by atoms with E-state index in [0.29, 0.717) is 0 Å². The Morgan fingerprint density at radius 2 is 1.79 bits per heavy atom. The van der Waals surface area contributed by atoms with Gasteiger partial charge in [-0.05, 0) is 43.7 Å². The molecule has 0 aromatic heterocycles. The number of para-hydroxylation sites is 1. The van der Waals surface area contributed by atoms with Crippen molar-refractivity contribution >= 4 is 27.3 Å². The maximum absolute atomic E-state index is 9.66. The maximum Gasteiger partial charge on any atom is 0.0772 e. The van der Waals surface area contributed by atoms with Crippen LogP contribution in [0.15, 0.2) is 53.0 Å². The summed E-state index contributed by atoms with van der Waals surface area (Å²) in [6.45, 7) is 4.79. The molecule has 3 heteroatoms. The fraction of sp³-hybridized carbons (Fsp3) is 0.250. The first-order valence-electron chi connectivity index (χ1n) is 6.43. The van der Waals surface area contributed by atoms with Crippen LogP contribution in [-0.4, -0.2) is 11.7 Å². The molecule has 0 spiro atoms. The Bertz CT molecular complexity index is 540. The van der Waals surface area contributed by atoms with Gasteiger partial charge in [0.15, 0.2) is 0 Å². The van der Waals surface area contributed by atoms with E-state index in [0.717, 1.165) is 22.3 Å². The van der Waals surface area contributed by atoms with Crippen molar-refractivity contribution in [2.24, 2.45) is 0 Å². The Morgan fingerprint density at radius 3 is 2.32 bits per heavy atom. The molecule has 19 heavy (non-hydrogen) atoms. The zero-order chi connectivity index (χ0) is 13.8. The van der Waals surface area contributed by atoms with E-state index in [1.54, 1.807) is 6.92 Å². The molecule has 2 nitrogen and oxygen atoms in total. The van der Waals surface area contributed by atoms with Crippen molar-refractivity contribution < 1.29 is 5.11 Å². The van der Waals surface area contributed by atoms with Crippen LogP contribution in [0.25, 0.3) is 0 Å². The molecule has 1 atom stereocenters. The SMILES string of the molecule is CCN(c1ccccc1)c1ccc([C@@H](C)O)c(Br)c1. The predicted molar refractivity (Wildman–Crippen MR) is 83.9 cm³/mol. The van der Waals surface area contributed by atoms with Crippen molar-refractivity contribution in [3.05, 3.63) is 58.6 Å². The van der Waals surface area contributed by atoms with Gasteiger partial charge in [0.05, 0.1) is 6.10 Å². The van der Waals surface area contributed by atoms with Crippen LogP contribution in [-0.2, 0) is 0 Å². The van der Waals surface area contributed by atoms with Crippen LogP contribution < -0.4 is 4.90 Å². The average molecular weight is 320 g/mol. The standard InChI is InChI=1S/C16H18BrNO/c1-3-18(13-7-5-4-6-8-13)14-9-10-15(12(2)19)16(17)11-14/h4-12,19H,3H2,1-2H3/t12-/m1/s1. The number of benzene rings is 2. The Morgan fingerprint density at radius 1 is 1.11 bits per heavy atom. The molecule has 2 rings (SSSR count). The minimum absolute atomic E-state index is 0.463. The van der Waals surface area contributed by atoms with Crippen molar-refractivity contribution in [1.29, 1.82) is 0 Å². The summed E-state index contributed by atoms with van der Waals surface area (Å²) in [7, 11) is 0. The zero-order valence-corrected chi connectivity index (χ0v) is 12.8. The van der Waals surface area contributed by atoms with E-state index in [1.165, 1.54) is 5.69 Å². The van der Waals surface area contributed by atoms with Crippen molar-refractivity contribution in [2.75, 3.05) is 11.4 Å². The van der Waals surface area contributed by atoms with Crippen molar-refractivity contribution in [1.82, 2.24) is 0 Å². The van der Waals surface area contributed by atoms with Gasteiger partial charge in [-0.25, -0.2) is 0 Å². The molecule has 0 amide bonds. The second-order valence-electron chi connectivity index (χ2n) is 4.46. The van der Waals surface area contributed by atoms with Gasteiger partial charge in [0.1, 0.15) is 0 Å². The lowest BCUT2D eigenvalue weighted by Crippen LogP contribution is -2.16. The number of hydrogen-bond donors (Lipinski definition) is 1. The van der Waals surface area contributed by atoms with Gasteiger partial charge in [0, 0.05) is 22.4 Å². The predicted octanol–water partition coefficient (Wildman–Crippen LogP) is 4.66. The highest BCUT2D eigenvalue weighted by atomic mass is 79.9. The number of aliphatic hydroxyl groups is 1. The molecule has 0 unspecified atom stereocenters. The van der Waals surface area contributed by atoms with Crippen molar-refractivity contribution in [2.45, 2.75) is 20.0 Å². The molecule has 0 saturated carbocycles.